The summed E-state index contributed by atoms with van der Waals surface area (Å²) in [6.07, 6.45) is 12.3. The lowest BCUT2D eigenvalue weighted by Crippen LogP contribution is -2.99. The van der Waals surface area contributed by atoms with Gasteiger partial charge in [-0.3, -0.25) is 0 Å². The molecule has 37 heavy (non-hydrogen) atoms. The van der Waals surface area contributed by atoms with E-state index in [4.69, 9.17) is 19.4 Å². The number of carbonyl (C=O) groups is 1. The summed E-state index contributed by atoms with van der Waals surface area (Å²) in [4.78, 5) is 12.8. The number of ether oxygens (including phenoxy) is 3. The van der Waals surface area contributed by atoms with Crippen molar-refractivity contribution < 1.29 is 29.4 Å². The molecule has 202 valence electrons. The van der Waals surface area contributed by atoms with Crippen molar-refractivity contribution in [3.05, 3.63) is 47.2 Å². The summed E-state index contributed by atoms with van der Waals surface area (Å²) < 4.78 is 19.3. The first kappa shape index (κ1) is 25.5. The van der Waals surface area contributed by atoms with E-state index in [0.29, 0.717) is 41.1 Å². The number of rotatable bonds is 3. The number of fused-ring (bicyclic) bond motifs is 5. The van der Waals surface area contributed by atoms with Crippen LogP contribution >= 0.6 is 0 Å². The molecule has 1 aromatic carbocycles. The minimum Gasteiger partial charge on any atom is -0.595 e. The lowest BCUT2D eigenvalue weighted by atomic mass is 9.50. The first-order chi connectivity index (χ1) is 17.7. The standard InChI is InChI=1S/C30H41NO6/c1-18-12-15-30(35-17-18)19(2)24-10-11-26-25(27(24)37-30)9-6-21-16-23(13-14-29(21,26)3)36-28(32)20-4-7-22(8-5-20)31(33)34/h4-9,18-19,21,23-27,31,33H,10-17H2,1-3H3/t18-,19-,21-,23+,24-,25+,26+,27-,29+,30-/m1/s1. The van der Waals surface area contributed by atoms with Crippen molar-refractivity contribution in [3.63, 3.8) is 0 Å². The van der Waals surface area contributed by atoms with E-state index in [2.05, 4.69) is 32.9 Å². The van der Waals surface area contributed by atoms with Gasteiger partial charge in [0.2, 0.25) is 0 Å². The van der Waals surface area contributed by atoms with Crippen LogP contribution in [0.5, 0.6) is 0 Å². The van der Waals surface area contributed by atoms with E-state index < -0.39 is 11.0 Å². The highest BCUT2D eigenvalue weighted by molar-refractivity contribution is 5.89. The molecule has 1 aromatic rings. The third kappa shape index (κ3) is 4.27. The van der Waals surface area contributed by atoms with Gasteiger partial charge in [0.25, 0.3) is 0 Å². The maximum Gasteiger partial charge on any atom is 0.338 e. The van der Waals surface area contributed by atoms with E-state index in [1.807, 2.05) is 0 Å². The van der Waals surface area contributed by atoms with Gasteiger partial charge >= 0.3 is 5.97 Å². The van der Waals surface area contributed by atoms with E-state index in [0.717, 1.165) is 32.3 Å². The van der Waals surface area contributed by atoms with Gasteiger partial charge in [0.1, 0.15) is 6.10 Å². The van der Waals surface area contributed by atoms with E-state index in [-0.39, 0.29) is 29.3 Å². The van der Waals surface area contributed by atoms with Crippen molar-refractivity contribution in [2.75, 3.05) is 6.61 Å². The van der Waals surface area contributed by atoms with Crippen molar-refractivity contribution in [2.45, 2.75) is 83.7 Å². The first-order valence-corrected chi connectivity index (χ1v) is 14.2. The molecule has 2 aliphatic heterocycles. The lowest BCUT2D eigenvalue weighted by molar-refractivity contribution is -0.991. The van der Waals surface area contributed by atoms with Crippen LogP contribution in [0.2, 0.25) is 0 Å². The van der Waals surface area contributed by atoms with E-state index in [1.165, 1.54) is 43.5 Å². The van der Waals surface area contributed by atoms with Crippen molar-refractivity contribution in [2.24, 2.45) is 40.9 Å². The molecular formula is C30H41NO6. The normalized spacial score (nSPS) is 45.5. The number of carbonyl (C=O) groups excluding carboxylic acids is 1. The Morgan fingerprint density at radius 3 is 2.59 bits per heavy atom. The molecule has 1 unspecified atom stereocenters. The Kier molecular flexibility index (Phi) is 6.52. The molecule has 5 aliphatic rings. The van der Waals surface area contributed by atoms with E-state index in [9.17, 15) is 10.0 Å². The Labute approximate surface area is 219 Å². The van der Waals surface area contributed by atoms with Gasteiger partial charge in [0, 0.05) is 30.4 Å². The smallest absolute Gasteiger partial charge is 0.338 e. The van der Waals surface area contributed by atoms with Crippen molar-refractivity contribution in [1.82, 2.24) is 0 Å². The number of benzene rings is 1. The fraction of sp³-hybridized carbons (Fsp3) is 0.700. The Morgan fingerprint density at radius 1 is 1.11 bits per heavy atom. The predicted molar refractivity (Wildman–Crippen MR) is 137 cm³/mol. The molecule has 0 radical (unpaired) electrons. The maximum atomic E-state index is 12.8. The highest BCUT2D eigenvalue weighted by Gasteiger charge is 2.61. The zero-order valence-corrected chi connectivity index (χ0v) is 22.2. The summed E-state index contributed by atoms with van der Waals surface area (Å²) in [7, 11) is 0. The first-order valence-electron chi connectivity index (χ1n) is 14.2. The van der Waals surface area contributed by atoms with Crippen LogP contribution in [0.15, 0.2) is 36.4 Å². The Bertz CT molecular complexity index is 1030. The van der Waals surface area contributed by atoms with Crippen LogP contribution in [0.25, 0.3) is 0 Å². The van der Waals surface area contributed by atoms with Gasteiger partial charge in [-0.15, -0.1) is 0 Å². The van der Waals surface area contributed by atoms with Crippen LogP contribution in [0.4, 0.5) is 5.69 Å². The summed E-state index contributed by atoms with van der Waals surface area (Å²) in [5.41, 5.74) is 0.746. The molecule has 0 aromatic heterocycles. The van der Waals surface area contributed by atoms with Gasteiger partial charge in [-0.2, -0.15) is 5.23 Å². The third-order valence-electron chi connectivity index (χ3n) is 10.8. The molecule has 7 heteroatoms. The molecule has 3 aliphatic carbocycles. The highest BCUT2D eigenvalue weighted by Crippen LogP contribution is 2.62. The summed E-state index contributed by atoms with van der Waals surface area (Å²) in [6, 6.07) is 5.97. The van der Waals surface area contributed by atoms with Gasteiger partial charge < -0.3 is 19.4 Å². The second kappa shape index (κ2) is 9.45. The SMILES string of the molecule is C[C@@H]1CC[C@@]2(OC1)O[C@H]1[C@H]3C=C[C@@H]4C[C@@H](OC(=O)c5ccc([NH+]([O-])O)cc5)CC[C@]4(C)[C@H]3CC[C@@H]1[C@H]2C. The van der Waals surface area contributed by atoms with E-state index in [1.54, 1.807) is 0 Å². The second-order valence-electron chi connectivity index (χ2n) is 12.7. The third-order valence-corrected chi connectivity index (χ3v) is 10.8. The van der Waals surface area contributed by atoms with Gasteiger partial charge in [0.15, 0.2) is 11.5 Å². The predicted octanol–water partition coefficient (Wildman–Crippen LogP) is 4.81. The number of esters is 1. The topological polar surface area (TPSA) is 92.5 Å². The number of hydrogen-bond acceptors (Lipinski definition) is 6. The summed E-state index contributed by atoms with van der Waals surface area (Å²) >= 11 is 0. The molecule has 6 rings (SSSR count). The van der Waals surface area contributed by atoms with Crippen molar-refractivity contribution >= 4 is 11.7 Å². The zero-order chi connectivity index (χ0) is 25.9. The monoisotopic (exact) mass is 511 g/mol. The average molecular weight is 512 g/mol. The van der Waals surface area contributed by atoms with Crippen LogP contribution < -0.4 is 5.23 Å². The van der Waals surface area contributed by atoms with Crippen molar-refractivity contribution in [3.8, 4) is 0 Å². The van der Waals surface area contributed by atoms with Crippen LogP contribution in [0.3, 0.4) is 0 Å². The highest BCUT2D eigenvalue weighted by atomic mass is 16.8. The number of nitrogens with one attached hydrogen (secondary N) is 1. The molecule has 2 saturated heterocycles. The number of quaternary nitrogens is 1. The molecule has 7 nitrogen and oxygen atoms in total. The van der Waals surface area contributed by atoms with Crippen LogP contribution in [0, 0.1) is 46.1 Å². The average Bonchev–Trinajstić information content (AvgIpc) is 3.17. The molecule has 2 heterocycles. The maximum absolute atomic E-state index is 12.8. The molecule has 11 atom stereocenters. The Morgan fingerprint density at radius 2 is 1.89 bits per heavy atom. The second-order valence-corrected chi connectivity index (χ2v) is 12.7. The fourth-order valence-electron chi connectivity index (χ4n) is 8.38. The van der Waals surface area contributed by atoms with Crippen LogP contribution in [0.1, 0.15) is 76.1 Å². The summed E-state index contributed by atoms with van der Waals surface area (Å²) in [6.45, 7) is 7.88. The molecular weight excluding hydrogens is 470 g/mol. The molecule has 2 N–H and O–H groups in total. The van der Waals surface area contributed by atoms with E-state index >= 15 is 0 Å². The molecule has 1 spiro atoms. The number of allylic oxidation sites excluding steroid dienone is 1. The van der Waals surface area contributed by atoms with Crippen LogP contribution in [-0.2, 0) is 14.2 Å². The molecule has 0 amide bonds. The van der Waals surface area contributed by atoms with Gasteiger partial charge in [0.05, 0.1) is 18.3 Å². The molecule has 0 bridgehead atoms. The molecule has 2 saturated carbocycles. The quantitative estimate of drug-likeness (QED) is 0.344. The van der Waals surface area contributed by atoms with Gasteiger partial charge in [-0.1, -0.05) is 32.9 Å². The minimum absolute atomic E-state index is 0.120. The Hall–Kier alpha value is -1.77. The van der Waals surface area contributed by atoms with Gasteiger partial charge in [-0.05, 0) is 79.7 Å². The van der Waals surface area contributed by atoms with Crippen LogP contribution in [-0.4, -0.2) is 35.8 Å². The zero-order valence-electron chi connectivity index (χ0n) is 22.2. The summed E-state index contributed by atoms with van der Waals surface area (Å²) in [5.74, 6) is 2.23. The lowest BCUT2D eigenvalue weighted by Gasteiger charge is -2.55. The number of hydrogen-bond donors (Lipinski definition) is 2. The van der Waals surface area contributed by atoms with Gasteiger partial charge in [-0.25, -0.2) is 10.0 Å². The van der Waals surface area contributed by atoms with Crippen molar-refractivity contribution in [1.29, 1.82) is 0 Å². The molecule has 4 fully saturated rings. The summed E-state index contributed by atoms with van der Waals surface area (Å²) in [5, 5.41) is 19.2. The fourth-order valence-corrected chi connectivity index (χ4v) is 8.38. The largest absolute Gasteiger partial charge is 0.595 e. The Balaban J connectivity index is 1.14. The minimum atomic E-state index is -1.00.